The highest BCUT2D eigenvalue weighted by atomic mass is 32.2. The third kappa shape index (κ3) is 2.90. The zero-order valence-corrected chi connectivity index (χ0v) is 12.2. The number of nitrogens with zero attached hydrogens (tertiary/aromatic N) is 2. The second-order valence-electron chi connectivity index (χ2n) is 4.93. The first-order valence-corrected chi connectivity index (χ1v) is 7.79. The summed E-state index contributed by atoms with van der Waals surface area (Å²) in [5.74, 6) is 6.34. The van der Waals surface area contributed by atoms with Crippen LogP contribution in [0.4, 0.5) is 0 Å². The van der Waals surface area contributed by atoms with E-state index in [-0.39, 0.29) is 6.04 Å². The number of hydrogen-bond acceptors (Lipinski definition) is 5. The minimum absolute atomic E-state index is 0.389. The van der Waals surface area contributed by atoms with Crippen molar-refractivity contribution in [3.63, 3.8) is 0 Å². The van der Waals surface area contributed by atoms with Gasteiger partial charge in [0.1, 0.15) is 5.82 Å². The van der Waals surface area contributed by atoms with E-state index in [2.05, 4.69) is 10.4 Å². The van der Waals surface area contributed by atoms with Crippen LogP contribution in [0, 0.1) is 0 Å². The van der Waals surface area contributed by atoms with Crippen LogP contribution in [0.3, 0.4) is 0 Å². The lowest BCUT2D eigenvalue weighted by atomic mass is 10.00. The first kappa shape index (κ1) is 15.1. The van der Waals surface area contributed by atoms with Crippen molar-refractivity contribution in [2.75, 3.05) is 6.26 Å². The topological polar surface area (TPSA) is 90.0 Å². The Hall–Kier alpha value is -0.920. The van der Waals surface area contributed by atoms with Crippen molar-refractivity contribution in [2.24, 2.45) is 5.84 Å². The van der Waals surface area contributed by atoms with E-state index in [0.29, 0.717) is 6.42 Å². The number of hydrazine groups is 1. The first-order chi connectivity index (χ1) is 8.24. The van der Waals surface area contributed by atoms with E-state index < -0.39 is 14.6 Å². The lowest BCUT2D eigenvalue weighted by Crippen LogP contribution is -2.55. The number of nitrogens with one attached hydrogen (secondary N) is 1. The normalized spacial score (nSPS) is 14.7. The van der Waals surface area contributed by atoms with Crippen LogP contribution in [0.1, 0.15) is 26.6 Å². The molecule has 7 heteroatoms. The van der Waals surface area contributed by atoms with Gasteiger partial charge in [-0.15, -0.1) is 0 Å². The Labute approximate surface area is 108 Å². The van der Waals surface area contributed by atoms with Gasteiger partial charge < -0.3 is 4.57 Å². The van der Waals surface area contributed by atoms with Gasteiger partial charge in [0.05, 0.1) is 4.75 Å². The Morgan fingerprint density at radius 3 is 2.61 bits per heavy atom. The maximum atomic E-state index is 11.8. The van der Waals surface area contributed by atoms with Gasteiger partial charge in [0, 0.05) is 37.7 Å². The van der Waals surface area contributed by atoms with E-state index in [1.807, 2.05) is 17.7 Å². The highest BCUT2D eigenvalue weighted by Gasteiger charge is 2.39. The van der Waals surface area contributed by atoms with E-state index >= 15 is 0 Å². The Kier molecular flexibility index (Phi) is 4.52. The minimum Gasteiger partial charge on any atom is -0.335 e. The van der Waals surface area contributed by atoms with Crippen LogP contribution in [0.2, 0.25) is 0 Å². The van der Waals surface area contributed by atoms with Crippen molar-refractivity contribution >= 4 is 9.84 Å². The molecule has 0 bridgehead atoms. The molecule has 1 atom stereocenters. The molecule has 0 fully saturated rings. The number of imidazole rings is 1. The van der Waals surface area contributed by atoms with Crippen LogP contribution in [0.25, 0.3) is 0 Å². The van der Waals surface area contributed by atoms with Gasteiger partial charge >= 0.3 is 0 Å². The largest absolute Gasteiger partial charge is 0.335 e. The summed E-state index contributed by atoms with van der Waals surface area (Å²) in [7, 11) is -3.22. The van der Waals surface area contributed by atoms with Crippen molar-refractivity contribution in [3.8, 4) is 0 Å². The maximum Gasteiger partial charge on any atom is 0.154 e. The molecule has 3 N–H and O–H groups in total. The molecule has 0 aliphatic rings. The molecule has 1 heterocycles. The second-order valence-corrected chi connectivity index (χ2v) is 7.53. The van der Waals surface area contributed by atoms with E-state index in [1.165, 1.54) is 6.26 Å². The molecule has 0 spiro atoms. The molecule has 6 nitrogen and oxygen atoms in total. The van der Waals surface area contributed by atoms with Crippen LogP contribution < -0.4 is 11.3 Å². The summed E-state index contributed by atoms with van der Waals surface area (Å²) in [5, 5.41) is 0. The monoisotopic (exact) mass is 274 g/mol. The molecular weight excluding hydrogens is 252 g/mol. The summed E-state index contributed by atoms with van der Waals surface area (Å²) in [6, 6.07) is -0.389. The molecule has 0 aliphatic heterocycles. The number of aryl methyl sites for hydroxylation is 1. The lowest BCUT2D eigenvalue weighted by Gasteiger charge is -2.32. The molecule has 1 rings (SSSR count). The number of sulfone groups is 1. The fraction of sp³-hybridized carbons (Fsp3) is 0.727. The minimum atomic E-state index is -3.22. The van der Waals surface area contributed by atoms with Crippen LogP contribution in [-0.4, -0.2) is 35.0 Å². The molecular formula is C11H22N4O2S. The van der Waals surface area contributed by atoms with Crippen molar-refractivity contribution in [2.45, 2.75) is 44.5 Å². The molecule has 0 saturated carbocycles. The van der Waals surface area contributed by atoms with E-state index in [9.17, 15) is 8.42 Å². The fourth-order valence-electron chi connectivity index (χ4n) is 1.76. The van der Waals surface area contributed by atoms with Crippen LogP contribution >= 0.6 is 0 Å². The van der Waals surface area contributed by atoms with Gasteiger partial charge in [-0.2, -0.15) is 0 Å². The molecule has 0 radical (unpaired) electrons. The van der Waals surface area contributed by atoms with E-state index in [0.717, 1.165) is 12.4 Å². The summed E-state index contributed by atoms with van der Waals surface area (Å²) >= 11 is 0. The molecule has 0 aliphatic carbocycles. The van der Waals surface area contributed by atoms with Crippen molar-refractivity contribution in [1.82, 2.24) is 15.0 Å². The average molecular weight is 274 g/mol. The van der Waals surface area contributed by atoms with Gasteiger partial charge in [0.25, 0.3) is 0 Å². The van der Waals surface area contributed by atoms with Crippen molar-refractivity contribution in [3.05, 3.63) is 18.2 Å². The van der Waals surface area contributed by atoms with Crippen LogP contribution in [-0.2, 0) is 22.8 Å². The molecule has 1 aromatic heterocycles. The molecule has 0 saturated heterocycles. The number of nitrogens with two attached hydrogens (primary N) is 1. The van der Waals surface area contributed by atoms with Gasteiger partial charge in [-0.1, -0.05) is 0 Å². The zero-order valence-electron chi connectivity index (χ0n) is 11.3. The smallest absolute Gasteiger partial charge is 0.154 e. The molecule has 104 valence electrons. The summed E-state index contributed by atoms with van der Waals surface area (Å²) in [6.45, 7) is 6.15. The fourth-order valence-corrected chi connectivity index (χ4v) is 2.43. The van der Waals surface area contributed by atoms with Gasteiger partial charge in [-0.25, -0.2) is 13.4 Å². The lowest BCUT2D eigenvalue weighted by molar-refractivity contribution is 0.402. The highest BCUT2D eigenvalue weighted by molar-refractivity contribution is 7.92. The number of rotatable bonds is 6. The third-order valence-corrected chi connectivity index (χ3v) is 5.72. The quantitative estimate of drug-likeness (QED) is 0.567. The summed E-state index contributed by atoms with van der Waals surface area (Å²) < 4.78 is 24.6. The van der Waals surface area contributed by atoms with E-state index in [1.54, 1.807) is 20.0 Å². The van der Waals surface area contributed by atoms with Gasteiger partial charge in [-0.3, -0.25) is 11.3 Å². The summed E-state index contributed by atoms with van der Waals surface area (Å²) in [4.78, 5) is 4.24. The first-order valence-electron chi connectivity index (χ1n) is 5.89. The molecule has 0 aromatic carbocycles. The van der Waals surface area contributed by atoms with Gasteiger partial charge in [-0.05, 0) is 20.8 Å². The third-order valence-electron chi connectivity index (χ3n) is 3.53. The Bertz CT molecular complexity index is 493. The Morgan fingerprint density at radius 1 is 1.56 bits per heavy atom. The Balaban J connectivity index is 2.99. The molecule has 0 amide bonds. The standard InChI is InChI=1S/C11H22N4O2S/c1-5-15-7-6-13-10(15)8-9(14-12)11(2,3)18(4,16)17/h6-7,9,14H,5,8,12H2,1-4H3. The summed E-state index contributed by atoms with van der Waals surface area (Å²) in [5.41, 5.74) is 2.61. The highest BCUT2D eigenvalue weighted by Crippen LogP contribution is 2.22. The maximum absolute atomic E-state index is 11.8. The summed E-state index contributed by atoms with van der Waals surface area (Å²) in [6.07, 6.45) is 5.28. The number of aromatic nitrogens is 2. The predicted octanol–water partition coefficient (Wildman–Crippen LogP) is 0.101. The van der Waals surface area contributed by atoms with Crippen molar-refractivity contribution < 1.29 is 8.42 Å². The predicted molar refractivity (Wildman–Crippen MR) is 71.6 cm³/mol. The average Bonchev–Trinajstić information content (AvgIpc) is 2.71. The van der Waals surface area contributed by atoms with Crippen LogP contribution in [0.5, 0.6) is 0 Å². The van der Waals surface area contributed by atoms with Gasteiger partial charge in [0.15, 0.2) is 9.84 Å². The SMILES string of the molecule is CCn1ccnc1CC(NN)C(C)(C)S(C)(=O)=O. The molecule has 1 unspecified atom stereocenters. The molecule has 1 aromatic rings. The number of hydrogen-bond donors (Lipinski definition) is 2. The van der Waals surface area contributed by atoms with Crippen LogP contribution in [0.15, 0.2) is 12.4 Å². The van der Waals surface area contributed by atoms with Gasteiger partial charge in [0.2, 0.25) is 0 Å². The zero-order chi connectivity index (χ0) is 14.0. The van der Waals surface area contributed by atoms with Crippen molar-refractivity contribution in [1.29, 1.82) is 0 Å². The second kappa shape index (κ2) is 5.38. The van der Waals surface area contributed by atoms with E-state index in [4.69, 9.17) is 5.84 Å². The molecule has 18 heavy (non-hydrogen) atoms. The Morgan fingerprint density at radius 2 is 2.17 bits per heavy atom.